The van der Waals surface area contributed by atoms with Crippen LogP contribution in [0.4, 0.5) is 4.39 Å². The maximum Gasteiger partial charge on any atom is 0.128 e. The van der Waals surface area contributed by atoms with Gasteiger partial charge in [-0.15, -0.1) is 0 Å². The average Bonchev–Trinajstić information content (AvgIpc) is 2.46. The van der Waals surface area contributed by atoms with Crippen LogP contribution >= 0.6 is 0 Å². The quantitative estimate of drug-likeness (QED) is 0.859. The molecule has 0 aliphatic heterocycles. The fraction of sp³-hybridized carbons (Fsp3) is 0.333. The third kappa shape index (κ3) is 3.45. The molecule has 2 heteroatoms. The standard InChI is InChI=1S/C18H22FN/c1-4-14-6-8-15(9-7-14)12-18(20-3)16-10-5-13(2)11-17(16)19/h5-11,18,20H,4,12H2,1-3H3. The summed E-state index contributed by atoms with van der Waals surface area (Å²) in [6.07, 6.45) is 1.84. The molecule has 1 N–H and O–H groups in total. The Balaban J connectivity index is 2.19. The summed E-state index contributed by atoms with van der Waals surface area (Å²) >= 11 is 0. The molecule has 0 fully saturated rings. The molecule has 0 amide bonds. The highest BCUT2D eigenvalue weighted by atomic mass is 19.1. The van der Waals surface area contributed by atoms with Crippen LogP contribution < -0.4 is 5.32 Å². The van der Waals surface area contributed by atoms with Crippen molar-refractivity contribution in [3.63, 3.8) is 0 Å². The number of likely N-dealkylation sites (N-methyl/N-ethyl adjacent to an activating group) is 1. The van der Waals surface area contributed by atoms with Crippen LogP contribution in [-0.2, 0) is 12.8 Å². The SMILES string of the molecule is CCc1ccc(CC(NC)c2ccc(C)cc2F)cc1. The minimum Gasteiger partial charge on any atom is -0.313 e. The second-order valence-electron chi connectivity index (χ2n) is 5.24. The van der Waals surface area contributed by atoms with Gasteiger partial charge in [-0.25, -0.2) is 4.39 Å². The Bertz CT molecular complexity index is 560. The van der Waals surface area contributed by atoms with Gasteiger partial charge in [-0.2, -0.15) is 0 Å². The first kappa shape index (κ1) is 14.7. The second kappa shape index (κ2) is 6.67. The molecule has 1 unspecified atom stereocenters. The van der Waals surface area contributed by atoms with Crippen molar-refractivity contribution in [3.8, 4) is 0 Å². The Hall–Kier alpha value is -1.67. The summed E-state index contributed by atoms with van der Waals surface area (Å²) in [6.45, 7) is 4.05. The first-order valence-electron chi connectivity index (χ1n) is 7.15. The van der Waals surface area contributed by atoms with E-state index in [1.807, 2.05) is 26.1 Å². The minimum atomic E-state index is -0.130. The van der Waals surface area contributed by atoms with Crippen molar-refractivity contribution in [1.29, 1.82) is 0 Å². The lowest BCUT2D eigenvalue weighted by atomic mass is 9.97. The summed E-state index contributed by atoms with van der Waals surface area (Å²) in [7, 11) is 1.88. The molecule has 0 saturated heterocycles. The Morgan fingerprint density at radius 3 is 2.25 bits per heavy atom. The molecule has 20 heavy (non-hydrogen) atoms. The molecule has 0 bridgehead atoms. The maximum absolute atomic E-state index is 14.1. The number of halogens is 1. The van der Waals surface area contributed by atoms with Crippen molar-refractivity contribution in [1.82, 2.24) is 5.32 Å². The maximum atomic E-state index is 14.1. The van der Waals surface area contributed by atoms with Crippen molar-refractivity contribution in [2.45, 2.75) is 32.7 Å². The molecule has 0 heterocycles. The van der Waals surface area contributed by atoms with Gasteiger partial charge in [0.1, 0.15) is 5.82 Å². The van der Waals surface area contributed by atoms with E-state index in [9.17, 15) is 4.39 Å². The fourth-order valence-electron chi connectivity index (χ4n) is 2.43. The number of rotatable bonds is 5. The Morgan fingerprint density at radius 1 is 1.05 bits per heavy atom. The normalized spacial score (nSPS) is 12.4. The highest BCUT2D eigenvalue weighted by Gasteiger charge is 2.14. The summed E-state index contributed by atoms with van der Waals surface area (Å²) in [5.74, 6) is -0.130. The first-order chi connectivity index (χ1) is 9.63. The van der Waals surface area contributed by atoms with Crippen molar-refractivity contribution < 1.29 is 4.39 Å². The predicted molar refractivity (Wildman–Crippen MR) is 82.5 cm³/mol. The Morgan fingerprint density at radius 2 is 1.70 bits per heavy atom. The van der Waals surface area contributed by atoms with Crippen LogP contribution in [0, 0.1) is 12.7 Å². The molecular weight excluding hydrogens is 249 g/mol. The van der Waals surface area contributed by atoms with Gasteiger partial charge >= 0.3 is 0 Å². The van der Waals surface area contributed by atoms with Gasteiger partial charge in [0.05, 0.1) is 0 Å². The third-order valence-electron chi connectivity index (χ3n) is 3.75. The first-order valence-corrected chi connectivity index (χ1v) is 7.15. The van der Waals surface area contributed by atoms with Gasteiger partial charge in [0.25, 0.3) is 0 Å². The zero-order chi connectivity index (χ0) is 14.5. The molecule has 0 radical (unpaired) electrons. The lowest BCUT2D eigenvalue weighted by Gasteiger charge is -2.18. The van der Waals surface area contributed by atoms with Crippen molar-refractivity contribution >= 4 is 0 Å². The molecule has 0 aliphatic carbocycles. The van der Waals surface area contributed by atoms with Crippen molar-refractivity contribution in [2.75, 3.05) is 7.05 Å². The van der Waals surface area contributed by atoms with Gasteiger partial charge in [0, 0.05) is 11.6 Å². The zero-order valence-corrected chi connectivity index (χ0v) is 12.4. The molecule has 1 nitrogen and oxygen atoms in total. The Kier molecular flexibility index (Phi) is 4.91. The van der Waals surface area contributed by atoms with Crippen LogP contribution in [0.5, 0.6) is 0 Å². The monoisotopic (exact) mass is 271 g/mol. The summed E-state index contributed by atoms with van der Waals surface area (Å²) in [4.78, 5) is 0. The van der Waals surface area contributed by atoms with Crippen LogP contribution in [0.15, 0.2) is 42.5 Å². The summed E-state index contributed by atoms with van der Waals surface area (Å²) in [5.41, 5.74) is 4.24. The van der Waals surface area contributed by atoms with E-state index in [4.69, 9.17) is 0 Å². The third-order valence-corrected chi connectivity index (χ3v) is 3.75. The number of benzene rings is 2. The number of hydrogen-bond donors (Lipinski definition) is 1. The lowest BCUT2D eigenvalue weighted by Crippen LogP contribution is -2.20. The number of aryl methyl sites for hydroxylation is 2. The predicted octanol–water partition coefficient (Wildman–Crippen LogP) is 4.20. The van der Waals surface area contributed by atoms with Gasteiger partial charge in [-0.3, -0.25) is 0 Å². The lowest BCUT2D eigenvalue weighted by molar-refractivity contribution is 0.533. The van der Waals surface area contributed by atoms with E-state index < -0.39 is 0 Å². The van der Waals surface area contributed by atoms with Gasteiger partial charge in [0.2, 0.25) is 0 Å². The van der Waals surface area contributed by atoms with Crippen LogP contribution in [0.3, 0.4) is 0 Å². The molecule has 2 rings (SSSR count). The van der Waals surface area contributed by atoms with E-state index in [-0.39, 0.29) is 11.9 Å². The van der Waals surface area contributed by atoms with Crippen molar-refractivity contribution in [2.24, 2.45) is 0 Å². The fourth-order valence-corrected chi connectivity index (χ4v) is 2.43. The van der Waals surface area contributed by atoms with Gasteiger partial charge in [-0.05, 0) is 49.6 Å². The molecule has 2 aromatic rings. The van der Waals surface area contributed by atoms with E-state index in [1.54, 1.807) is 6.07 Å². The van der Waals surface area contributed by atoms with E-state index >= 15 is 0 Å². The topological polar surface area (TPSA) is 12.0 Å². The molecule has 0 aliphatic rings. The highest BCUT2D eigenvalue weighted by molar-refractivity contribution is 5.29. The van der Waals surface area contributed by atoms with E-state index in [1.165, 1.54) is 11.1 Å². The van der Waals surface area contributed by atoms with Crippen LogP contribution in [0.25, 0.3) is 0 Å². The summed E-state index contributed by atoms with van der Waals surface area (Å²) in [5, 5.41) is 3.22. The molecule has 0 saturated carbocycles. The largest absolute Gasteiger partial charge is 0.313 e. The summed E-state index contributed by atoms with van der Waals surface area (Å²) < 4.78 is 14.1. The highest BCUT2D eigenvalue weighted by Crippen LogP contribution is 2.22. The minimum absolute atomic E-state index is 0.00285. The van der Waals surface area contributed by atoms with E-state index in [0.717, 1.165) is 24.0 Å². The van der Waals surface area contributed by atoms with Crippen molar-refractivity contribution in [3.05, 3.63) is 70.5 Å². The number of hydrogen-bond acceptors (Lipinski definition) is 1. The Labute approximate surface area is 120 Å². The molecular formula is C18H22FN. The second-order valence-corrected chi connectivity index (χ2v) is 5.24. The smallest absolute Gasteiger partial charge is 0.128 e. The van der Waals surface area contributed by atoms with E-state index in [2.05, 4.69) is 36.5 Å². The molecule has 0 spiro atoms. The summed E-state index contributed by atoms with van der Waals surface area (Å²) in [6, 6.07) is 14.0. The molecule has 0 aromatic heterocycles. The van der Waals surface area contributed by atoms with Gasteiger partial charge in [0.15, 0.2) is 0 Å². The molecule has 106 valence electrons. The number of nitrogens with one attached hydrogen (secondary N) is 1. The van der Waals surface area contributed by atoms with Gasteiger partial charge < -0.3 is 5.32 Å². The van der Waals surface area contributed by atoms with Crippen LogP contribution in [0.1, 0.15) is 35.2 Å². The zero-order valence-electron chi connectivity index (χ0n) is 12.4. The van der Waals surface area contributed by atoms with Crippen LogP contribution in [0.2, 0.25) is 0 Å². The molecule has 1 atom stereocenters. The van der Waals surface area contributed by atoms with Gasteiger partial charge in [-0.1, -0.05) is 43.3 Å². The van der Waals surface area contributed by atoms with E-state index in [0.29, 0.717) is 0 Å². The average molecular weight is 271 g/mol. The molecule has 2 aromatic carbocycles. The van der Waals surface area contributed by atoms with Crippen LogP contribution in [-0.4, -0.2) is 7.05 Å².